The van der Waals surface area contributed by atoms with Crippen molar-refractivity contribution in [2.45, 2.75) is 13.1 Å². The number of nitrogens with one attached hydrogen (secondary N) is 1. The maximum Gasteiger partial charge on any atom is 0.334 e. The van der Waals surface area contributed by atoms with Crippen molar-refractivity contribution in [2.75, 3.05) is 0 Å². The average molecular weight is 372 g/mol. The average Bonchev–Trinajstić information content (AvgIpc) is 3.17. The van der Waals surface area contributed by atoms with Crippen molar-refractivity contribution in [3.05, 3.63) is 72.7 Å². The predicted octanol–water partition coefficient (Wildman–Crippen LogP) is 3.95. The van der Waals surface area contributed by atoms with E-state index in [1.54, 1.807) is 30.3 Å². The minimum atomic E-state index is -2.81. The highest BCUT2D eigenvalue weighted by molar-refractivity contribution is 5.87. The largest absolute Gasteiger partial charge is 0.348 e. The molecule has 0 radical (unpaired) electrons. The van der Waals surface area contributed by atoms with Crippen molar-refractivity contribution >= 4 is 5.91 Å². The van der Waals surface area contributed by atoms with Gasteiger partial charge in [-0.05, 0) is 41.0 Å². The fourth-order valence-electron chi connectivity index (χ4n) is 2.54. The molecule has 0 aliphatic heterocycles. The monoisotopic (exact) mass is 372 g/mol. The fourth-order valence-corrected chi connectivity index (χ4v) is 2.54. The zero-order chi connectivity index (χ0) is 19.4. The summed E-state index contributed by atoms with van der Waals surface area (Å²) >= 11 is 0. The van der Waals surface area contributed by atoms with Crippen molar-refractivity contribution < 1.29 is 18.0 Å². The topological polar surface area (TPSA) is 59.8 Å². The van der Waals surface area contributed by atoms with Gasteiger partial charge in [0, 0.05) is 12.1 Å². The first-order chi connectivity index (χ1) is 13.0. The zero-order valence-electron chi connectivity index (χ0n) is 14.1. The number of amides is 1. The van der Waals surface area contributed by atoms with E-state index in [0.717, 1.165) is 23.4 Å². The first kappa shape index (κ1) is 18.4. The summed E-state index contributed by atoms with van der Waals surface area (Å²) in [6, 6.07) is 11.2. The lowest BCUT2D eigenvalue weighted by Crippen LogP contribution is -2.20. The van der Waals surface area contributed by atoms with E-state index in [-0.39, 0.29) is 24.0 Å². The van der Waals surface area contributed by atoms with Crippen molar-refractivity contribution in [3.63, 3.8) is 0 Å². The lowest BCUT2D eigenvalue weighted by Gasteiger charge is -2.11. The molecule has 5 nitrogen and oxygen atoms in total. The van der Waals surface area contributed by atoms with Gasteiger partial charge in [-0.2, -0.15) is 13.5 Å². The van der Waals surface area contributed by atoms with E-state index < -0.39 is 6.55 Å². The molecule has 0 saturated carbocycles. The molecule has 0 saturated heterocycles. The van der Waals surface area contributed by atoms with Gasteiger partial charge in [0.25, 0.3) is 0 Å². The lowest BCUT2D eigenvalue weighted by atomic mass is 9.97. The summed E-state index contributed by atoms with van der Waals surface area (Å²) in [5.74, 6) is -0.720. The predicted molar refractivity (Wildman–Crippen MR) is 94.1 cm³/mol. The zero-order valence-corrected chi connectivity index (χ0v) is 14.1. The lowest BCUT2D eigenvalue weighted by molar-refractivity contribution is -0.116. The van der Waals surface area contributed by atoms with Gasteiger partial charge >= 0.3 is 6.55 Å². The standard InChI is InChI=1S/C19H15F3N4O/c1-2-18(27)23-10-14-4-3-13(12-5-7-15(20)8-6-12)9-16(14)17-11-26(19(21)22)25-24-17/h2-9,11,19H,1,10H2,(H,23,27). The van der Waals surface area contributed by atoms with Crippen molar-refractivity contribution in [1.29, 1.82) is 0 Å². The molecule has 1 aromatic heterocycles. The highest BCUT2D eigenvalue weighted by Gasteiger charge is 2.15. The van der Waals surface area contributed by atoms with Crippen molar-refractivity contribution in [2.24, 2.45) is 0 Å². The van der Waals surface area contributed by atoms with E-state index in [2.05, 4.69) is 22.2 Å². The highest BCUT2D eigenvalue weighted by Crippen LogP contribution is 2.29. The van der Waals surface area contributed by atoms with Crippen molar-refractivity contribution in [1.82, 2.24) is 20.3 Å². The summed E-state index contributed by atoms with van der Waals surface area (Å²) in [4.78, 5) is 11.5. The van der Waals surface area contributed by atoms with Gasteiger partial charge in [0.05, 0.1) is 6.20 Å². The van der Waals surface area contributed by atoms with E-state index in [0.29, 0.717) is 15.8 Å². The van der Waals surface area contributed by atoms with Crippen LogP contribution in [0, 0.1) is 5.82 Å². The highest BCUT2D eigenvalue weighted by atomic mass is 19.3. The molecule has 0 spiro atoms. The summed E-state index contributed by atoms with van der Waals surface area (Å²) in [6.07, 6.45) is 2.27. The number of hydrogen-bond acceptors (Lipinski definition) is 3. The van der Waals surface area contributed by atoms with Crippen LogP contribution in [0.25, 0.3) is 22.4 Å². The maximum atomic E-state index is 13.2. The van der Waals surface area contributed by atoms with Gasteiger partial charge in [-0.3, -0.25) is 4.79 Å². The number of hydrogen-bond donors (Lipinski definition) is 1. The van der Waals surface area contributed by atoms with E-state index in [1.165, 1.54) is 12.1 Å². The van der Waals surface area contributed by atoms with Gasteiger partial charge in [0.1, 0.15) is 11.5 Å². The Morgan fingerprint density at radius 2 is 1.89 bits per heavy atom. The number of rotatable bonds is 6. The number of nitrogens with zero attached hydrogens (tertiary/aromatic N) is 3. The van der Waals surface area contributed by atoms with E-state index in [4.69, 9.17) is 0 Å². The van der Waals surface area contributed by atoms with Gasteiger partial charge < -0.3 is 5.32 Å². The van der Waals surface area contributed by atoms with Crippen LogP contribution >= 0.6 is 0 Å². The summed E-state index contributed by atoms with van der Waals surface area (Å²) in [5.41, 5.74) is 2.93. The van der Waals surface area contributed by atoms with Crippen LogP contribution in [0.4, 0.5) is 13.2 Å². The van der Waals surface area contributed by atoms with Crippen LogP contribution in [-0.2, 0) is 11.3 Å². The van der Waals surface area contributed by atoms with E-state index in [1.807, 2.05) is 0 Å². The molecule has 0 aliphatic carbocycles. The molecule has 0 fully saturated rings. The number of aromatic nitrogens is 3. The Hall–Kier alpha value is -3.42. The summed E-state index contributed by atoms with van der Waals surface area (Å²) < 4.78 is 39.3. The second-order valence-corrected chi connectivity index (χ2v) is 5.66. The Kier molecular flexibility index (Phi) is 5.35. The molecule has 8 heteroatoms. The SMILES string of the molecule is C=CC(=O)NCc1ccc(-c2ccc(F)cc2)cc1-c1cn(C(F)F)nn1. The van der Waals surface area contributed by atoms with Gasteiger partial charge in [0.2, 0.25) is 5.91 Å². The molecular formula is C19H15F3N4O. The fraction of sp³-hybridized carbons (Fsp3) is 0.105. The molecule has 3 aromatic rings. The van der Waals surface area contributed by atoms with Crippen LogP contribution in [0.3, 0.4) is 0 Å². The summed E-state index contributed by atoms with van der Waals surface area (Å²) in [5, 5.41) is 9.87. The van der Waals surface area contributed by atoms with E-state index >= 15 is 0 Å². The van der Waals surface area contributed by atoms with Crippen LogP contribution in [-0.4, -0.2) is 20.9 Å². The Morgan fingerprint density at radius 1 is 1.19 bits per heavy atom. The molecule has 0 aliphatic rings. The molecule has 1 heterocycles. The number of alkyl halides is 2. The number of carbonyl (C=O) groups excluding carboxylic acids is 1. The molecule has 0 bridgehead atoms. The van der Waals surface area contributed by atoms with Gasteiger partial charge in [0.15, 0.2) is 0 Å². The first-order valence-electron chi connectivity index (χ1n) is 7.97. The third kappa shape index (κ3) is 4.22. The van der Waals surface area contributed by atoms with Gasteiger partial charge in [-0.1, -0.05) is 36.1 Å². The van der Waals surface area contributed by atoms with Gasteiger partial charge in [-0.15, -0.1) is 5.10 Å². The van der Waals surface area contributed by atoms with Crippen LogP contribution in [0.5, 0.6) is 0 Å². The second kappa shape index (κ2) is 7.86. The number of benzene rings is 2. The van der Waals surface area contributed by atoms with Crippen molar-refractivity contribution in [3.8, 4) is 22.4 Å². The summed E-state index contributed by atoms with van der Waals surface area (Å²) in [7, 11) is 0. The van der Waals surface area contributed by atoms with Crippen LogP contribution < -0.4 is 5.32 Å². The van der Waals surface area contributed by atoms with Crippen LogP contribution in [0.1, 0.15) is 12.1 Å². The second-order valence-electron chi connectivity index (χ2n) is 5.66. The molecule has 1 N–H and O–H groups in total. The third-order valence-corrected chi connectivity index (χ3v) is 3.91. The Labute approximate surface area is 153 Å². The van der Waals surface area contributed by atoms with Crippen LogP contribution in [0.2, 0.25) is 0 Å². The smallest absolute Gasteiger partial charge is 0.334 e. The minimum Gasteiger partial charge on any atom is -0.348 e. The molecular weight excluding hydrogens is 357 g/mol. The molecule has 1 amide bonds. The number of carbonyl (C=O) groups is 1. The molecule has 0 unspecified atom stereocenters. The normalized spacial score (nSPS) is 10.8. The Bertz CT molecular complexity index is 967. The molecule has 3 rings (SSSR count). The molecule has 27 heavy (non-hydrogen) atoms. The maximum absolute atomic E-state index is 13.2. The Morgan fingerprint density at radius 3 is 2.52 bits per heavy atom. The first-order valence-corrected chi connectivity index (χ1v) is 7.97. The third-order valence-electron chi connectivity index (χ3n) is 3.91. The quantitative estimate of drug-likeness (QED) is 0.667. The van der Waals surface area contributed by atoms with Gasteiger partial charge in [-0.25, -0.2) is 4.39 Å². The molecule has 2 aromatic carbocycles. The number of halogens is 3. The van der Waals surface area contributed by atoms with Crippen LogP contribution in [0.15, 0.2) is 61.3 Å². The molecule has 0 atom stereocenters. The van der Waals surface area contributed by atoms with E-state index in [9.17, 15) is 18.0 Å². The minimum absolute atomic E-state index is 0.158. The molecule has 138 valence electrons. The Balaban J connectivity index is 2.03. The summed E-state index contributed by atoms with van der Waals surface area (Å²) in [6.45, 7) is 0.734.